The molecule has 1 atom stereocenters. The van der Waals surface area contributed by atoms with Gasteiger partial charge in [-0.05, 0) is 118 Å². The van der Waals surface area contributed by atoms with E-state index >= 15 is 0 Å². The van der Waals surface area contributed by atoms with E-state index in [1.54, 1.807) is 0 Å². The smallest absolute Gasteiger partial charge is 0.303 e. The molecule has 2 N–H and O–H groups in total. The molecule has 0 unspecified atom stereocenters. The van der Waals surface area contributed by atoms with E-state index in [2.05, 4.69) is 83.4 Å². The Balaban J connectivity index is 4.07. The first-order valence-electron chi connectivity index (χ1n) is 13.3. The number of rotatable bonds is 19. The zero-order valence-corrected chi connectivity index (χ0v) is 24.5. The maximum atomic E-state index is 10.7. The third-order valence-corrected chi connectivity index (χ3v) is 6.73. The first-order valence-corrected chi connectivity index (χ1v) is 14.9. The topological polar surface area (TPSA) is 66.8 Å². The summed E-state index contributed by atoms with van der Waals surface area (Å²) < 4.78 is 15.2. The molecule has 0 aliphatic rings. The fourth-order valence-electron chi connectivity index (χ4n) is 3.77. The fourth-order valence-corrected chi connectivity index (χ4v) is 4.11. The van der Waals surface area contributed by atoms with Crippen molar-refractivity contribution in [1.82, 2.24) is 0 Å². The normalized spacial score (nSPS) is 14.9. The Labute approximate surface area is 216 Å². The van der Waals surface area contributed by atoms with Gasteiger partial charge in [-0.15, -0.1) is 0 Å². The monoisotopic (exact) mass is 508 g/mol. The largest absolute Gasteiger partial charge is 0.469 e. The summed E-state index contributed by atoms with van der Waals surface area (Å²) in [6, 6.07) is 0. The molecule has 0 bridgehead atoms. The molecule has 0 rings (SSSR count). The van der Waals surface area contributed by atoms with E-state index < -0.39 is 7.82 Å². The summed E-state index contributed by atoms with van der Waals surface area (Å²) in [4.78, 5) is 17.4. The number of phosphoric ester groups is 1. The molecule has 4 nitrogen and oxygen atoms in total. The molecule has 35 heavy (non-hydrogen) atoms. The van der Waals surface area contributed by atoms with Gasteiger partial charge in [0.15, 0.2) is 0 Å². The van der Waals surface area contributed by atoms with Gasteiger partial charge in [0.05, 0.1) is 6.61 Å². The van der Waals surface area contributed by atoms with Crippen LogP contribution in [0.5, 0.6) is 0 Å². The van der Waals surface area contributed by atoms with Crippen LogP contribution in [0.1, 0.15) is 119 Å². The Morgan fingerprint density at radius 1 is 0.657 bits per heavy atom. The summed E-state index contributed by atoms with van der Waals surface area (Å²) in [5.74, 6) is 0.386. The van der Waals surface area contributed by atoms with E-state index in [0.717, 1.165) is 57.8 Å². The zero-order valence-electron chi connectivity index (χ0n) is 23.6. The van der Waals surface area contributed by atoms with Gasteiger partial charge in [-0.25, -0.2) is 4.57 Å². The number of hydrogen-bond donors (Lipinski definition) is 2. The van der Waals surface area contributed by atoms with Crippen LogP contribution in [0.4, 0.5) is 0 Å². The third-order valence-electron chi connectivity index (χ3n) is 6.21. The van der Waals surface area contributed by atoms with Crippen LogP contribution in [0, 0.1) is 5.92 Å². The van der Waals surface area contributed by atoms with E-state index in [4.69, 9.17) is 9.79 Å². The van der Waals surface area contributed by atoms with Crippen LogP contribution >= 0.6 is 7.82 Å². The van der Waals surface area contributed by atoms with E-state index in [1.807, 2.05) is 0 Å². The average Bonchev–Trinajstić information content (AvgIpc) is 2.72. The first-order chi connectivity index (χ1) is 16.4. The maximum absolute atomic E-state index is 10.7. The summed E-state index contributed by atoms with van der Waals surface area (Å²) in [5.41, 5.74) is 7.28. The number of hydrogen-bond acceptors (Lipinski definition) is 2. The van der Waals surface area contributed by atoms with Gasteiger partial charge in [0.2, 0.25) is 0 Å². The van der Waals surface area contributed by atoms with Gasteiger partial charge in [-0.1, -0.05) is 65.2 Å². The van der Waals surface area contributed by atoms with Crippen LogP contribution in [-0.2, 0) is 9.09 Å². The van der Waals surface area contributed by atoms with Crippen molar-refractivity contribution in [2.75, 3.05) is 6.61 Å². The quantitative estimate of drug-likeness (QED) is 0.135. The lowest BCUT2D eigenvalue weighted by Gasteiger charge is -2.11. The van der Waals surface area contributed by atoms with Crippen molar-refractivity contribution in [3.8, 4) is 0 Å². The van der Waals surface area contributed by atoms with Gasteiger partial charge in [0, 0.05) is 0 Å². The molecule has 0 amide bonds. The zero-order chi connectivity index (χ0) is 26.7. The molecule has 5 heteroatoms. The van der Waals surface area contributed by atoms with Gasteiger partial charge in [-0.3, -0.25) is 4.52 Å². The highest BCUT2D eigenvalue weighted by Gasteiger charge is 2.13. The molecule has 0 saturated heterocycles. The molecule has 0 saturated carbocycles. The molecule has 0 fully saturated rings. The summed E-state index contributed by atoms with van der Waals surface area (Å²) >= 11 is 0. The molecule has 0 aromatic carbocycles. The average molecular weight is 509 g/mol. The molecule has 0 aliphatic heterocycles. The van der Waals surface area contributed by atoms with Gasteiger partial charge in [0.25, 0.3) is 0 Å². The third kappa shape index (κ3) is 24.3. The summed E-state index contributed by atoms with van der Waals surface area (Å²) in [5, 5.41) is 0. The summed E-state index contributed by atoms with van der Waals surface area (Å²) in [6.07, 6.45) is 23.5. The Hall–Kier alpha value is -1.19. The summed E-state index contributed by atoms with van der Waals surface area (Å²) in [7, 11) is -4.33. The van der Waals surface area contributed by atoms with Crippen LogP contribution in [0.3, 0.4) is 0 Å². The summed E-state index contributed by atoms with van der Waals surface area (Å²) in [6.45, 7) is 15.5. The molecule has 0 aromatic heterocycles. The fraction of sp³-hybridized carbons (Fsp3) is 0.667. The molecule has 0 aromatic rings. The highest BCUT2D eigenvalue weighted by Crippen LogP contribution is 2.36. The van der Waals surface area contributed by atoms with Crippen LogP contribution < -0.4 is 0 Å². The maximum Gasteiger partial charge on any atom is 0.469 e. The van der Waals surface area contributed by atoms with Crippen molar-refractivity contribution in [3.05, 3.63) is 58.2 Å². The molecule has 0 spiro atoms. The Kier molecular flexibility index (Phi) is 19.3. The van der Waals surface area contributed by atoms with Gasteiger partial charge in [-0.2, -0.15) is 0 Å². The van der Waals surface area contributed by atoms with Crippen molar-refractivity contribution in [2.45, 2.75) is 119 Å². The van der Waals surface area contributed by atoms with Gasteiger partial charge >= 0.3 is 7.82 Å². The Bertz CT molecular complexity index is 776. The minimum Gasteiger partial charge on any atom is -0.303 e. The van der Waals surface area contributed by atoms with E-state index in [1.165, 1.54) is 34.3 Å². The van der Waals surface area contributed by atoms with Crippen molar-refractivity contribution in [2.24, 2.45) is 5.92 Å². The van der Waals surface area contributed by atoms with Crippen molar-refractivity contribution < 1.29 is 18.9 Å². The number of allylic oxidation sites excluding steroid dienone is 10. The van der Waals surface area contributed by atoms with Crippen LogP contribution in [0.2, 0.25) is 0 Å². The first kappa shape index (κ1) is 33.8. The second-order valence-electron chi connectivity index (χ2n) is 10.4. The van der Waals surface area contributed by atoms with E-state index in [-0.39, 0.29) is 6.61 Å². The molecule has 0 heterocycles. The minimum atomic E-state index is -4.33. The van der Waals surface area contributed by atoms with Crippen LogP contribution in [0.25, 0.3) is 0 Å². The lowest BCUT2D eigenvalue weighted by Crippen LogP contribution is -2.00. The lowest BCUT2D eigenvalue weighted by molar-refractivity contribution is 0.185. The van der Waals surface area contributed by atoms with Crippen LogP contribution in [-0.4, -0.2) is 16.4 Å². The second-order valence-corrected chi connectivity index (χ2v) is 11.7. The standard InChI is InChI=1S/C30H53O4P/c1-25(2)13-8-14-26(3)15-9-16-27(4)17-10-18-28(5)19-11-20-29(6)21-12-22-30(7)23-24-34-35(31,32)33/h13,15,17,19,21,30H,8-12,14,16,18,20,22-24H2,1-7H3,(H2,31,32,33)/b26-15-,27-17-,28-19-,29-21-/t30-/m1/s1. The predicted octanol–water partition coefficient (Wildman–Crippen LogP) is 9.77. The lowest BCUT2D eigenvalue weighted by atomic mass is 10.0. The molecule has 0 aliphatic carbocycles. The van der Waals surface area contributed by atoms with Crippen molar-refractivity contribution in [3.63, 3.8) is 0 Å². The van der Waals surface area contributed by atoms with Gasteiger partial charge < -0.3 is 9.79 Å². The van der Waals surface area contributed by atoms with E-state index in [9.17, 15) is 4.57 Å². The van der Waals surface area contributed by atoms with Crippen molar-refractivity contribution in [1.29, 1.82) is 0 Å². The predicted molar refractivity (Wildman–Crippen MR) is 152 cm³/mol. The SMILES string of the molecule is CC(C)=CCC/C(C)=C\CC/C(C)=C\CC/C(C)=C\CC/C(C)=C\CC[C@@H](C)CCOP(=O)(O)O. The molecular weight excluding hydrogens is 455 g/mol. The van der Waals surface area contributed by atoms with Crippen molar-refractivity contribution >= 4 is 7.82 Å². The highest BCUT2D eigenvalue weighted by molar-refractivity contribution is 7.46. The Morgan fingerprint density at radius 3 is 1.40 bits per heavy atom. The van der Waals surface area contributed by atoms with Gasteiger partial charge in [0.1, 0.15) is 0 Å². The molecular formula is C30H53O4P. The van der Waals surface area contributed by atoms with E-state index in [0.29, 0.717) is 12.3 Å². The second kappa shape index (κ2) is 19.9. The Morgan fingerprint density at radius 2 is 1.03 bits per heavy atom. The number of phosphoric acid groups is 1. The van der Waals surface area contributed by atoms with Crippen LogP contribution in [0.15, 0.2) is 58.2 Å². The molecule has 202 valence electrons. The molecule has 0 radical (unpaired) electrons. The minimum absolute atomic E-state index is 0.112. The highest BCUT2D eigenvalue weighted by atomic mass is 31.2.